The van der Waals surface area contributed by atoms with Crippen molar-refractivity contribution in [2.45, 2.75) is 12.0 Å². The number of nitrogens with zero attached hydrogens (tertiary/aromatic N) is 3. The van der Waals surface area contributed by atoms with E-state index in [4.69, 9.17) is 5.53 Å². The molecule has 82 valence electrons. The third kappa shape index (κ3) is 1.87. The van der Waals surface area contributed by atoms with Gasteiger partial charge in [0.15, 0.2) is 6.17 Å². The van der Waals surface area contributed by atoms with Gasteiger partial charge in [-0.2, -0.15) is 0 Å². The van der Waals surface area contributed by atoms with Gasteiger partial charge in [-0.15, -0.1) is 0 Å². The molecule has 1 aliphatic carbocycles. The second-order valence-electron chi connectivity index (χ2n) is 2.72. The highest BCUT2D eigenvalue weighted by Crippen LogP contribution is 2.41. The van der Waals surface area contributed by atoms with Gasteiger partial charge in [-0.05, 0) is 16.7 Å². The van der Waals surface area contributed by atoms with Crippen molar-refractivity contribution >= 4 is 15.9 Å². The Kier molecular flexibility index (Phi) is 3.41. The van der Waals surface area contributed by atoms with Gasteiger partial charge in [0.25, 0.3) is 5.79 Å². The van der Waals surface area contributed by atoms with Gasteiger partial charge < -0.3 is 0 Å². The molecule has 0 amide bonds. The van der Waals surface area contributed by atoms with Crippen molar-refractivity contribution in [1.29, 1.82) is 0 Å². The lowest BCUT2D eigenvalue weighted by atomic mass is 9.98. The highest BCUT2D eigenvalue weighted by Gasteiger charge is 2.49. The average molecular weight is 286 g/mol. The summed E-state index contributed by atoms with van der Waals surface area (Å²) < 4.78 is 52.6. The lowest BCUT2D eigenvalue weighted by Gasteiger charge is -2.25. The van der Waals surface area contributed by atoms with E-state index in [1.807, 2.05) is 4.91 Å². The van der Waals surface area contributed by atoms with Crippen LogP contribution in [0, 0.1) is 0 Å². The summed E-state index contributed by atoms with van der Waals surface area (Å²) >= 11 is 2.78. The van der Waals surface area contributed by atoms with E-state index in [0.717, 1.165) is 0 Å². The molecular weight excluding hydrogens is 282 g/mol. The molecule has 0 aromatic carbocycles. The van der Waals surface area contributed by atoms with Crippen molar-refractivity contribution in [3.05, 3.63) is 33.7 Å². The third-order valence-corrected chi connectivity index (χ3v) is 2.44. The van der Waals surface area contributed by atoms with Gasteiger partial charge in [-0.25, -0.2) is 17.6 Å². The van der Waals surface area contributed by atoms with Gasteiger partial charge in [-0.1, -0.05) is 15.9 Å². The number of rotatable bonds is 2. The normalized spacial score (nSPS) is 31.0. The van der Waals surface area contributed by atoms with Gasteiger partial charge in [0.2, 0.25) is 0 Å². The minimum absolute atomic E-state index is 0.168. The number of azide groups is 1. The molecule has 2 unspecified atom stereocenters. The fraction of sp³-hybridized carbons (Fsp3) is 0.429. The first-order valence-corrected chi connectivity index (χ1v) is 4.81. The summed E-state index contributed by atoms with van der Waals surface area (Å²) in [6.45, 7) is 0. The van der Waals surface area contributed by atoms with E-state index in [-0.39, 0.29) is 10.9 Å². The fourth-order valence-corrected chi connectivity index (χ4v) is 1.47. The highest BCUT2D eigenvalue weighted by atomic mass is 79.9. The van der Waals surface area contributed by atoms with Crippen molar-refractivity contribution in [1.82, 2.24) is 0 Å². The zero-order chi connectivity index (χ0) is 11.6. The minimum atomic E-state index is -3.62. The number of halogens is 5. The molecule has 0 bridgehead atoms. The monoisotopic (exact) mass is 285 g/mol. The Balaban J connectivity index is 3.27. The van der Waals surface area contributed by atoms with E-state index >= 15 is 0 Å². The van der Waals surface area contributed by atoms with Crippen LogP contribution in [0.15, 0.2) is 28.4 Å². The van der Waals surface area contributed by atoms with Crippen molar-refractivity contribution in [2.24, 2.45) is 5.11 Å². The molecule has 0 aliphatic heterocycles. The van der Waals surface area contributed by atoms with Gasteiger partial charge in [-0.3, -0.25) is 0 Å². The molecule has 0 spiro atoms. The maximum atomic E-state index is 13.4. The van der Waals surface area contributed by atoms with Gasteiger partial charge in [0.05, 0.1) is 0 Å². The van der Waals surface area contributed by atoms with Crippen LogP contribution in [-0.2, 0) is 0 Å². The molecule has 0 fully saturated rings. The van der Waals surface area contributed by atoms with E-state index in [9.17, 15) is 17.6 Å². The first kappa shape index (κ1) is 12.1. The summed E-state index contributed by atoms with van der Waals surface area (Å²) in [7, 11) is 0. The highest BCUT2D eigenvalue weighted by molar-refractivity contribution is 9.09. The molecule has 0 aromatic heterocycles. The van der Waals surface area contributed by atoms with Crippen molar-refractivity contribution in [3.8, 4) is 0 Å². The molecule has 3 nitrogen and oxygen atoms in total. The maximum Gasteiger partial charge on any atom is 0.276 e. The van der Waals surface area contributed by atoms with Crippen LogP contribution in [0.5, 0.6) is 0 Å². The summed E-state index contributed by atoms with van der Waals surface area (Å²) in [5, 5.41) is 2.14. The molecule has 2 atom stereocenters. The van der Waals surface area contributed by atoms with E-state index in [1.54, 1.807) is 0 Å². The Morgan fingerprint density at radius 3 is 2.67 bits per heavy atom. The summed E-state index contributed by atoms with van der Waals surface area (Å²) in [6, 6.07) is 0. The number of alkyl halides is 3. The van der Waals surface area contributed by atoms with Crippen LogP contribution in [0.3, 0.4) is 0 Å². The maximum absolute atomic E-state index is 13.4. The predicted molar refractivity (Wildman–Crippen MR) is 49.0 cm³/mol. The molecule has 1 aliphatic rings. The van der Waals surface area contributed by atoms with Crippen molar-refractivity contribution in [2.75, 3.05) is 5.33 Å². The van der Waals surface area contributed by atoms with E-state index in [1.165, 1.54) is 0 Å². The van der Waals surface area contributed by atoms with Crippen LogP contribution in [-0.4, -0.2) is 17.3 Å². The van der Waals surface area contributed by atoms with Crippen molar-refractivity contribution in [3.63, 3.8) is 0 Å². The second kappa shape index (κ2) is 4.24. The summed E-state index contributed by atoms with van der Waals surface area (Å²) in [5.41, 5.74) is 7.58. The Morgan fingerprint density at radius 2 is 2.20 bits per heavy atom. The standard InChI is InChI=1S/C7H4BrF4N3/c8-2-3-1-4(9)7(12,14-15-13)6(11)5(3)10/h1,6H,2H2. The zero-order valence-electron chi connectivity index (χ0n) is 7.09. The molecule has 0 saturated carbocycles. The van der Waals surface area contributed by atoms with Crippen LogP contribution in [0.4, 0.5) is 17.6 Å². The van der Waals surface area contributed by atoms with Crippen LogP contribution < -0.4 is 0 Å². The first-order valence-electron chi connectivity index (χ1n) is 3.68. The predicted octanol–water partition coefficient (Wildman–Crippen LogP) is 3.79. The van der Waals surface area contributed by atoms with Crippen LogP contribution in [0.2, 0.25) is 0 Å². The van der Waals surface area contributed by atoms with Crippen LogP contribution in [0.25, 0.3) is 10.4 Å². The van der Waals surface area contributed by atoms with Crippen LogP contribution >= 0.6 is 15.9 Å². The fourth-order valence-electron chi connectivity index (χ4n) is 1.04. The zero-order valence-corrected chi connectivity index (χ0v) is 8.68. The Labute approximate surface area is 90.2 Å². The lowest BCUT2D eigenvalue weighted by Crippen LogP contribution is -2.37. The molecule has 0 radical (unpaired) electrons. The molecule has 1 rings (SSSR count). The molecular formula is C7H4BrF4N3. The van der Waals surface area contributed by atoms with E-state index < -0.39 is 23.6 Å². The lowest BCUT2D eigenvalue weighted by molar-refractivity contribution is 0.0719. The Hall–Kier alpha value is -1.01. The third-order valence-electron chi connectivity index (χ3n) is 1.84. The molecule has 15 heavy (non-hydrogen) atoms. The molecule has 8 heteroatoms. The first-order chi connectivity index (χ1) is 6.97. The topological polar surface area (TPSA) is 48.8 Å². The van der Waals surface area contributed by atoms with Gasteiger partial charge in [0.1, 0.15) is 11.7 Å². The molecule has 0 heterocycles. The average Bonchev–Trinajstić information content (AvgIpc) is 2.21. The molecule has 0 aromatic rings. The largest absolute Gasteiger partial charge is 0.276 e. The number of hydrogen-bond acceptors (Lipinski definition) is 1. The Morgan fingerprint density at radius 1 is 1.60 bits per heavy atom. The van der Waals surface area contributed by atoms with E-state index in [0.29, 0.717) is 6.08 Å². The summed E-state index contributed by atoms with van der Waals surface area (Å²) in [4.78, 5) is 1.95. The minimum Gasteiger partial charge on any atom is -0.235 e. The van der Waals surface area contributed by atoms with Crippen LogP contribution in [0.1, 0.15) is 0 Å². The molecule has 0 saturated heterocycles. The number of hydrogen-bond donors (Lipinski definition) is 0. The SMILES string of the molecule is [N-]=[N+]=NC1(F)C(F)=CC(CBr)=C(F)C1F. The van der Waals surface area contributed by atoms with Gasteiger partial charge in [0, 0.05) is 15.8 Å². The summed E-state index contributed by atoms with van der Waals surface area (Å²) in [5.74, 6) is -6.75. The summed E-state index contributed by atoms with van der Waals surface area (Å²) in [6.07, 6.45) is -2.49. The number of allylic oxidation sites excluding steroid dienone is 2. The van der Waals surface area contributed by atoms with Gasteiger partial charge >= 0.3 is 0 Å². The Bertz CT molecular complexity index is 388. The van der Waals surface area contributed by atoms with E-state index in [2.05, 4.69) is 21.0 Å². The quantitative estimate of drug-likeness (QED) is 0.185. The smallest absolute Gasteiger partial charge is 0.235 e. The molecule has 0 N–H and O–H groups in total. The van der Waals surface area contributed by atoms with Crippen molar-refractivity contribution < 1.29 is 17.6 Å². The second-order valence-corrected chi connectivity index (χ2v) is 3.29.